The Kier molecular flexibility index (Phi) is 5.68. The van der Waals surface area contributed by atoms with Gasteiger partial charge in [-0.2, -0.15) is 0 Å². The van der Waals surface area contributed by atoms with Crippen molar-refractivity contribution in [3.05, 3.63) is 60.2 Å². The number of benzene rings is 2. The second-order valence-corrected chi connectivity index (χ2v) is 5.60. The molecule has 21 heavy (non-hydrogen) atoms. The molecule has 0 radical (unpaired) electrons. The topological polar surface area (TPSA) is 21.3 Å². The van der Waals surface area contributed by atoms with Gasteiger partial charge in [0.15, 0.2) is 0 Å². The molecule has 1 atom stereocenters. The third-order valence-corrected chi connectivity index (χ3v) is 3.72. The van der Waals surface area contributed by atoms with Gasteiger partial charge >= 0.3 is 0 Å². The molecule has 2 heteroatoms. The van der Waals surface area contributed by atoms with Gasteiger partial charge in [0, 0.05) is 18.2 Å². The van der Waals surface area contributed by atoms with Crippen molar-refractivity contribution >= 4 is 5.69 Å². The van der Waals surface area contributed by atoms with Crippen molar-refractivity contribution in [3.8, 4) is 5.75 Å². The maximum absolute atomic E-state index is 5.47. The van der Waals surface area contributed by atoms with Gasteiger partial charge in [-0.25, -0.2) is 0 Å². The Morgan fingerprint density at radius 3 is 2.19 bits per heavy atom. The van der Waals surface area contributed by atoms with E-state index in [0.717, 1.165) is 18.0 Å². The normalized spacial score (nSPS) is 12.2. The van der Waals surface area contributed by atoms with E-state index in [1.165, 1.54) is 5.56 Å². The van der Waals surface area contributed by atoms with Gasteiger partial charge < -0.3 is 10.1 Å². The molecule has 0 saturated carbocycles. The minimum atomic E-state index is 0.512. The maximum Gasteiger partial charge on any atom is 0.119 e. The van der Waals surface area contributed by atoms with Crippen molar-refractivity contribution < 1.29 is 4.74 Å². The fourth-order valence-corrected chi connectivity index (χ4v) is 2.50. The molecule has 0 bridgehead atoms. The molecular weight excluding hydrogens is 258 g/mol. The predicted molar refractivity (Wildman–Crippen MR) is 90.1 cm³/mol. The van der Waals surface area contributed by atoms with Crippen LogP contribution in [0.2, 0.25) is 0 Å². The van der Waals surface area contributed by atoms with Gasteiger partial charge in [0.2, 0.25) is 0 Å². The first-order chi connectivity index (χ1) is 10.2. The number of hydrogen-bond donors (Lipinski definition) is 1. The zero-order valence-corrected chi connectivity index (χ0v) is 13.2. The van der Waals surface area contributed by atoms with Crippen LogP contribution in [0.5, 0.6) is 5.75 Å². The first-order valence-corrected chi connectivity index (χ1v) is 7.72. The van der Waals surface area contributed by atoms with Gasteiger partial charge in [0.05, 0.1) is 6.61 Å². The van der Waals surface area contributed by atoms with Crippen molar-refractivity contribution in [1.82, 2.24) is 0 Å². The molecule has 0 aliphatic heterocycles. The molecule has 0 fully saturated rings. The molecular formula is C19H25NO. The molecule has 2 nitrogen and oxygen atoms in total. The third-order valence-electron chi connectivity index (χ3n) is 3.72. The Balaban J connectivity index is 1.99. The SMILES string of the molecule is CCOc1ccc(NCC(c2ccccc2)C(C)C)cc1. The van der Waals surface area contributed by atoms with Crippen LogP contribution >= 0.6 is 0 Å². The Morgan fingerprint density at radius 2 is 1.62 bits per heavy atom. The van der Waals surface area contributed by atoms with E-state index in [9.17, 15) is 0 Å². The first-order valence-electron chi connectivity index (χ1n) is 7.72. The van der Waals surface area contributed by atoms with Gasteiger partial charge in [-0.1, -0.05) is 44.2 Å². The number of ether oxygens (including phenoxy) is 1. The van der Waals surface area contributed by atoms with Crippen LogP contribution in [0.3, 0.4) is 0 Å². The van der Waals surface area contributed by atoms with Crippen LogP contribution in [0.25, 0.3) is 0 Å². The Labute approximate surface area is 128 Å². The van der Waals surface area contributed by atoms with E-state index in [0.29, 0.717) is 18.4 Å². The van der Waals surface area contributed by atoms with E-state index in [4.69, 9.17) is 4.74 Å². The Bertz CT molecular complexity index is 519. The van der Waals surface area contributed by atoms with E-state index < -0.39 is 0 Å². The zero-order chi connectivity index (χ0) is 15.1. The second kappa shape index (κ2) is 7.72. The summed E-state index contributed by atoms with van der Waals surface area (Å²) in [6, 6.07) is 18.9. The van der Waals surface area contributed by atoms with Crippen LogP contribution in [0, 0.1) is 5.92 Å². The van der Waals surface area contributed by atoms with Crippen LogP contribution in [-0.2, 0) is 0 Å². The largest absolute Gasteiger partial charge is 0.494 e. The summed E-state index contributed by atoms with van der Waals surface area (Å²) in [5, 5.41) is 3.54. The second-order valence-electron chi connectivity index (χ2n) is 5.60. The maximum atomic E-state index is 5.47. The fraction of sp³-hybridized carbons (Fsp3) is 0.368. The van der Waals surface area contributed by atoms with Crippen LogP contribution < -0.4 is 10.1 Å². The summed E-state index contributed by atoms with van der Waals surface area (Å²) in [4.78, 5) is 0. The smallest absolute Gasteiger partial charge is 0.119 e. The lowest BCUT2D eigenvalue weighted by molar-refractivity contribution is 0.340. The zero-order valence-electron chi connectivity index (χ0n) is 13.2. The van der Waals surface area contributed by atoms with Gasteiger partial charge in [0.1, 0.15) is 5.75 Å². The molecule has 0 aliphatic carbocycles. The summed E-state index contributed by atoms with van der Waals surface area (Å²) in [5.74, 6) is 2.03. The number of anilines is 1. The molecule has 1 unspecified atom stereocenters. The fourth-order valence-electron chi connectivity index (χ4n) is 2.50. The van der Waals surface area contributed by atoms with E-state index in [1.54, 1.807) is 0 Å². The highest BCUT2D eigenvalue weighted by Crippen LogP contribution is 2.25. The molecule has 0 aliphatic rings. The van der Waals surface area contributed by atoms with E-state index in [1.807, 2.05) is 19.1 Å². The monoisotopic (exact) mass is 283 g/mol. The summed E-state index contributed by atoms with van der Waals surface area (Å²) >= 11 is 0. The van der Waals surface area contributed by atoms with E-state index in [-0.39, 0.29) is 0 Å². The lowest BCUT2D eigenvalue weighted by Gasteiger charge is -2.22. The van der Waals surface area contributed by atoms with E-state index in [2.05, 4.69) is 61.6 Å². The summed E-state index contributed by atoms with van der Waals surface area (Å²) < 4.78 is 5.47. The summed E-state index contributed by atoms with van der Waals surface area (Å²) in [6.45, 7) is 8.19. The summed E-state index contributed by atoms with van der Waals surface area (Å²) in [6.07, 6.45) is 0. The van der Waals surface area contributed by atoms with Gasteiger partial charge in [0.25, 0.3) is 0 Å². The predicted octanol–water partition coefficient (Wildman–Crippen LogP) is 4.94. The minimum Gasteiger partial charge on any atom is -0.494 e. The number of nitrogens with one attached hydrogen (secondary N) is 1. The van der Waals surface area contributed by atoms with Crippen LogP contribution in [-0.4, -0.2) is 13.2 Å². The molecule has 2 aromatic carbocycles. The lowest BCUT2D eigenvalue weighted by atomic mass is 9.88. The van der Waals surface area contributed by atoms with Gasteiger partial charge in [-0.3, -0.25) is 0 Å². The number of rotatable bonds is 7. The average molecular weight is 283 g/mol. The van der Waals surface area contributed by atoms with Crippen molar-refractivity contribution in [2.45, 2.75) is 26.7 Å². The van der Waals surface area contributed by atoms with Gasteiger partial charge in [-0.15, -0.1) is 0 Å². The average Bonchev–Trinajstić information content (AvgIpc) is 2.50. The van der Waals surface area contributed by atoms with Crippen molar-refractivity contribution in [3.63, 3.8) is 0 Å². The number of hydrogen-bond acceptors (Lipinski definition) is 2. The molecule has 0 saturated heterocycles. The van der Waals surface area contributed by atoms with Crippen LogP contribution in [0.4, 0.5) is 5.69 Å². The highest BCUT2D eigenvalue weighted by molar-refractivity contribution is 5.46. The highest BCUT2D eigenvalue weighted by atomic mass is 16.5. The highest BCUT2D eigenvalue weighted by Gasteiger charge is 2.15. The minimum absolute atomic E-state index is 0.512. The molecule has 0 aromatic heterocycles. The summed E-state index contributed by atoms with van der Waals surface area (Å²) in [5.41, 5.74) is 2.53. The van der Waals surface area contributed by atoms with Gasteiger partial charge in [-0.05, 0) is 42.7 Å². The van der Waals surface area contributed by atoms with Crippen molar-refractivity contribution in [2.75, 3.05) is 18.5 Å². The lowest BCUT2D eigenvalue weighted by Crippen LogP contribution is -2.17. The van der Waals surface area contributed by atoms with Crippen molar-refractivity contribution in [1.29, 1.82) is 0 Å². The third kappa shape index (κ3) is 4.52. The molecule has 1 N–H and O–H groups in total. The molecule has 0 heterocycles. The molecule has 0 spiro atoms. The quantitative estimate of drug-likeness (QED) is 0.777. The van der Waals surface area contributed by atoms with Crippen LogP contribution in [0.15, 0.2) is 54.6 Å². The molecule has 2 rings (SSSR count). The van der Waals surface area contributed by atoms with Crippen molar-refractivity contribution in [2.24, 2.45) is 5.92 Å². The summed E-state index contributed by atoms with van der Waals surface area (Å²) in [7, 11) is 0. The Hall–Kier alpha value is -1.96. The molecule has 2 aromatic rings. The molecule has 0 amide bonds. The van der Waals surface area contributed by atoms with Crippen LogP contribution in [0.1, 0.15) is 32.3 Å². The molecule has 112 valence electrons. The Morgan fingerprint density at radius 1 is 0.952 bits per heavy atom. The van der Waals surface area contributed by atoms with E-state index >= 15 is 0 Å². The first kappa shape index (κ1) is 15.4. The standard InChI is InChI=1S/C19H25NO/c1-4-21-18-12-10-17(11-13-18)20-14-19(15(2)3)16-8-6-5-7-9-16/h5-13,15,19-20H,4,14H2,1-3H3.